The standard InChI is InChI=1S/C20H21ClN4O5/c1-12(9-18(26)22-14-7-8-17(30-3)16(21)11-14)24-25-20(28)19(27)23-13-5-4-6-15(10-13)29-2/h4-8,10-11H,9H2,1-3H3,(H,22,26)(H,23,27)(H,25,28). The zero-order valence-electron chi connectivity index (χ0n) is 16.6. The van der Waals surface area contributed by atoms with Gasteiger partial charge in [-0.1, -0.05) is 17.7 Å². The Morgan fingerprint density at radius 3 is 2.37 bits per heavy atom. The fraction of sp³-hybridized carbons (Fsp3) is 0.200. The molecule has 3 N–H and O–H groups in total. The van der Waals surface area contributed by atoms with Crippen LogP contribution >= 0.6 is 11.6 Å². The molecule has 0 saturated carbocycles. The number of hydrogen-bond donors (Lipinski definition) is 3. The number of nitrogens with zero attached hydrogens (tertiary/aromatic N) is 1. The molecule has 2 aromatic carbocycles. The van der Waals surface area contributed by atoms with Crippen LogP contribution in [0.1, 0.15) is 13.3 Å². The maximum absolute atomic E-state index is 12.1. The van der Waals surface area contributed by atoms with Crippen molar-refractivity contribution < 1.29 is 23.9 Å². The molecule has 0 radical (unpaired) electrons. The minimum atomic E-state index is -0.973. The number of anilines is 2. The fourth-order valence-corrected chi connectivity index (χ4v) is 2.56. The van der Waals surface area contributed by atoms with Crippen molar-refractivity contribution in [3.8, 4) is 11.5 Å². The third-order valence-electron chi connectivity index (χ3n) is 3.73. The maximum Gasteiger partial charge on any atom is 0.329 e. The van der Waals surface area contributed by atoms with Crippen LogP contribution in [-0.4, -0.2) is 37.7 Å². The number of ether oxygens (including phenoxy) is 2. The van der Waals surface area contributed by atoms with Crippen LogP contribution < -0.4 is 25.5 Å². The Bertz CT molecular complexity index is 977. The molecule has 0 aliphatic heterocycles. The molecule has 9 nitrogen and oxygen atoms in total. The number of methoxy groups -OCH3 is 2. The SMILES string of the molecule is COc1cccc(NC(=O)C(=O)NN=C(C)CC(=O)Nc2ccc(OC)c(Cl)c2)c1. The van der Waals surface area contributed by atoms with Gasteiger partial charge in [0.25, 0.3) is 0 Å². The van der Waals surface area contributed by atoms with E-state index < -0.39 is 11.8 Å². The zero-order chi connectivity index (χ0) is 22.1. The lowest BCUT2D eigenvalue weighted by Crippen LogP contribution is -2.33. The quantitative estimate of drug-likeness (QED) is 0.353. The lowest BCUT2D eigenvalue weighted by Gasteiger charge is -2.08. The third kappa shape index (κ3) is 6.78. The van der Waals surface area contributed by atoms with Gasteiger partial charge in [0.2, 0.25) is 5.91 Å². The first kappa shape index (κ1) is 22.7. The number of hydrogen-bond acceptors (Lipinski definition) is 6. The molecule has 0 heterocycles. The number of nitrogens with one attached hydrogen (secondary N) is 3. The van der Waals surface area contributed by atoms with Crippen molar-refractivity contribution in [2.45, 2.75) is 13.3 Å². The third-order valence-corrected chi connectivity index (χ3v) is 4.03. The highest BCUT2D eigenvalue weighted by atomic mass is 35.5. The van der Waals surface area contributed by atoms with E-state index in [1.165, 1.54) is 14.2 Å². The van der Waals surface area contributed by atoms with Crippen molar-refractivity contribution in [1.82, 2.24) is 5.43 Å². The first-order chi connectivity index (χ1) is 14.3. The lowest BCUT2D eigenvalue weighted by atomic mass is 10.2. The number of amides is 3. The highest BCUT2D eigenvalue weighted by Gasteiger charge is 2.14. The Kier molecular flexibility index (Phi) is 8.18. The van der Waals surface area contributed by atoms with Crippen molar-refractivity contribution in [2.75, 3.05) is 24.9 Å². The second-order valence-electron chi connectivity index (χ2n) is 6.05. The van der Waals surface area contributed by atoms with Gasteiger partial charge >= 0.3 is 11.8 Å². The van der Waals surface area contributed by atoms with Gasteiger partial charge in [0.1, 0.15) is 11.5 Å². The molecular weight excluding hydrogens is 412 g/mol. The lowest BCUT2D eigenvalue weighted by molar-refractivity contribution is -0.136. The second-order valence-corrected chi connectivity index (χ2v) is 6.46. The predicted molar refractivity (Wildman–Crippen MR) is 114 cm³/mol. The van der Waals surface area contributed by atoms with Gasteiger partial charge < -0.3 is 20.1 Å². The van der Waals surface area contributed by atoms with Crippen LogP contribution in [0.3, 0.4) is 0 Å². The molecule has 0 aromatic heterocycles. The second kappa shape index (κ2) is 10.8. The number of rotatable bonds is 7. The molecule has 158 valence electrons. The number of carbonyl (C=O) groups is 3. The van der Waals surface area contributed by atoms with E-state index in [0.29, 0.717) is 33.6 Å². The van der Waals surface area contributed by atoms with Crippen LogP contribution in [0.25, 0.3) is 0 Å². The van der Waals surface area contributed by atoms with E-state index in [4.69, 9.17) is 21.1 Å². The Labute approximate surface area is 178 Å². The van der Waals surface area contributed by atoms with E-state index in [-0.39, 0.29) is 12.3 Å². The first-order valence-electron chi connectivity index (χ1n) is 8.74. The van der Waals surface area contributed by atoms with Crippen LogP contribution in [0, 0.1) is 0 Å². The molecule has 10 heteroatoms. The van der Waals surface area contributed by atoms with E-state index in [1.807, 2.05) is 0 Å². The van der Waals surface area contributed by atoms with Gasteiger partial charge in [-0.15, -0.1) is 0 Å². The monoisotopic (exact) mass is 432 g/mol. The number of carbonyl (C=O) groups excluding carboxylic acids is 3. The molecule has 0 aliphatic rings. The summed E-state index contributed by atoms with van der Waals surface area (Å²) < 4.78 is 10.1. The van der Waals surface area contributed by atoms with E-state index in [0.717, 1.165) is 0 Å². The Balaban J connectivity index is 1.85. The average Bonchev–Trinajstić information content (AvgIpc) is 2.72. The van der Waals surface area contributed by atoms with Crippen LogP contribution in [0.4, 0.5) is 11.4 Å². The largest absolute Gasteiger partial charge is 0.497 e. The van der Waals surface area contributed by atoms with E-state index in [2.05, 4.69) is 21.2 Å². The van der Waals surface area contributed by atoms with Crippen LogP contribution in [0.5, 0.6) is 11.5 Å². The summed E-state index contributed by atoms with van der Waals surface area (Å²) in [7, 11) is 2.98. The maximum atomic E-state index is 12.1. The minimum absolute atomic E-state index is 0.0958. The smallest absolute Gasteiger partial charge is 0.329 e. The molecule has 2 rings (SSSR count). The van der Waals surface area contributed by atoms with Crippen molar-refractivity contribution in [1.29, 1.82) is 0 Å². The molecule has 0 saturated heterocycles. The Morgan fingerprint density at radius 2 is 1.70 bits per heavy atom. The predicted octanol–water partition coefficient (Wildman–Crippen LogP) is 2.82. The summed E-state index contributed by atoms with van der Waals surface area (Å²) in [6.45, 7) is 1.54. The average molecular weight is 433 g/mol. The summed E-state index contributed by atoms with van der Waals surface area (Å²) in [5.74, 6) is -1.22. The van der Waals surface area contributed by atoms with Gasteiger partial charge in [0, 0.05) is 23.2 Å². The number of benzene rings is 2. The van der Waals surface area contributed by atoms with Crippen LogP contribution in [-0.2, 0) is 14.4 Å². The highest BCUT2D eigenvalue weighted by molar-refractivity contribution is 6.39. The summed E-state index contributed by atoms with van der Waals surface area (Å²) >= 11 is 6.02. The molecule has 30 heavy (non-hydrogen) atoms. The first-order valence-corrected chi connectivity index (χ1v) is 9.12. The number of halogens is 1. The van der Waals surface area contributed by atoms with Gasteiger partial charge in [0.15, 0.2) is 0 Å². The van der Waals surface area contributed by atoms with Gasteiger partial charge in [-0.3, -0.25) is 14.4 Å². The highest BCUT2D eigenvalue weighted by Crippen LogP contribution is 2.27. The number of hydrazone groups is 1. The van der Waals surface area contributed by atoms with Gasteiger partial charge in [0.05, 0.1) is 25.7 Å². The van der Waals surface area contributed by atoms with Crippen molar-refractivity contribution in [3.05, 3.63) is 47.5 Å². The fourth-order valence-electron chi connectivity index (χ4n) is 2.31. The van der Waals surface area contributed by atoms with Crippen molar-refractivity contribution in [2.24, 2.45) is 5.10 Å². The molecule has 2 aromatic rings. The summed E-state index contributed by atoms with van der Waals surface area (Å²) in [5, 5.41) is 9.21. The molecule has 0 atom stereocenters. The molecular formula is C20H21ClN4O5. The van der Waals surface area contributed by atoms with Gasteiger partial charge in [-0.05, 0) is 37.3 Å². The van der Waals surface area contributed by atoms with Crippen molar-refractivity contribution >= 4 is 46.4 Å². The Morgan fingerprint density at radius 1 is 0.967 bits per heavy atom. The summed E-state index contributed by atoms with van der Waals surface area (Å²) in [6.07, 6.45) is -0.0958. The zero-order valence-corrected chi connectivity index (χ0v) is 17.4. The molecule has 0 bridgehead atoms. The van der Waals surface area contributed by atoms with Gasteiger partial charge in [-0.25, -0.2) is 5.43 Å². The molecule has 3 amide bonds. The summed E-state index contributed by atoms with van der Waals surface area (Å²) in [5.41, 5.74) is 3.30. The Hall–Kier alpha value is -3.59. The summed E-state index contributed by atoms with van der Waals surface area (Å²) in [6, 6.07) is 11.4. The van der Waals surface area contributed by atoms with Crippen LogP contribution in [0.2, 0.25) is 5.02 Å². The van der Waals surface area contributed by atoms with Crippen molar-refractivity contribution in [3.63, 3.8) is 0 Å². The van der Waals surface area contributed by atoms with E-state index in [9.17, 15) is 14.4 Å². The van der Waals surface area contributed by atoms with Crippen LogP contribution in [0.15, 0.2) is 47.6 Å². The van der Waals surface area contributed by atoms with Gasteiger partial charge in [-0.2, -0.15) is 5.10 Å². The minimum Gasteiger partial charge on any atom is -0.497 e. The molecule has 0 unspecified atom stereocenters. The molecule has 0 spiro atoms. The van der Waals surface area contributed by atoms with E-state index in [1.54, 1.807) is 49.4 Å². The topological polar surface area (TPSA) is 118 Å². The molecule has 0 aliphatic carbocycles. The normalized spacial score (nSPS) is 10.7. The summed E-state index contributed by atoms with van der Waals surface area (Å²) in [4.78, 5) is 35.9. The van der Waals surface area contributed by atoms with E-state index >= 15 is 0 Å². The molecule has 0 fully saturated rings.